The summed E-state index contributed by atoms with van der Waals surface area (Å²) in [6.45, 7) is 4.46. The van der Waals surface area contributed by atoms with Gasteiger partial charge in [0.2, 0.25) is 0 Å². The molecule has 36 heavy (non-hydrogen) atoms. The number of aryl methyl sites for hydroxylation is 1. The Bertz CT molecular complexity index is 1500. The van der Waals surface area contributed by atoms with E-state index in [0.717, 1.165) is 39.9 Å². The van der Waals surface area contributed by atoms with Crippen LogP contribution >= 0.6 is 0 Å². The molecule has 4 aromatic rings. The van der Waals surface area contributed by atoms with E-state index in [9.17, 15) is 14.7 Å². The Hall–Kier alpha value is -4.23. The first-order chi connectivity index (χ1) is 17.4. The van der Waals surface area contributed by atoms with E-state index in [1.807, 2.05) is 67.6 Å². The minimum Gasteiger partial charge on any atom is -0.478 e. The monoisotopic (exact) mass is 481 g/mol. The number of benzene rings is 3. The second kappa shape index (κ2) is 9.79. The number of ketones is 1. The third-order valence-corrected chi connectivity index (χ3v) is 6.53. The van der Waals surface area contributed by atoms with Gasteiger partial charge in [-0.15, -0.1) is 0 Å². The molecule has 1 aliphatic heterocycles. The Morgan fingerprint density at radius 3 is 2.81 bits per heavy atom. The molecule has 7 heteroatoms. The smallest absolute Gasteiger partial charge is 0.328 e. The zero-order valence-electron chi connectivity index (χ0n) is 20.2. The van der Waals surface area contributed by atoms with Crippen LogP contribution in [0.3, 0.4) is 0 Å². The highest BCUT2D eigenvalue weighted by Crippen LogP contribution is 2.32. The second-order valence-electron chi connectivity index (χ2n) is 9.09. The van der Waals surface area contributed by atoms with E-state index in [1.54, 1.807) is 6.92 Å². The minimum absolute atomic E-state index is 0.0173. The van der Waals surface area contributed by atoms with Gasteiger partial charge in [-0.2, -0.15) is 4.98 Å². The van der Waals surface area contributed by atoms with Crippen molar-refractivity contribution in [1.29, 1.82) is 0 Å². The van der Waals surface area contributed by atoms with Gasteiger partial charge in [-0.3, -0.25) is 4.79 Å². The van der Waals surface area contributed by atoms with Crippen LogP contribution in [0.1, 0.15) is 40.8 Å². The van der Waals surface area contributed by atoms with Gasteiger partial charge in [0.25, 0.3) is 6.01 Å². The number of carbonyl (C=O) groups excluding carboxylic acids is 1. The predicted molar refractivity (Wildman–Crippen MR) is 139 cm³/mol. The van der Waals surface area contributed by atoms with Crippen LogP contribution in [0, 0.1) is 6.92 Å². The van der Waals surface area contributed by atoms with E-state index in [0.29, 0.717) is 29.2 Å². The fourth-order valence-corrected chi connectivity index (χ4v) is 4.77. The number of hydrogen-bond acceptors (Lipinski definition) is 6. The molecule has 1 unspecified atom stereocenters. The molecular formula is C29H27N3O4. The molecule has 0 saturated heterocycles. The number of Topliss-reactive ketones (excluding diaryl/α,β-unsaturated/α-hetero) is 1. The van der Waals surface area contributed by atoms with Crippen molar-refractivity contribution in [3.63, 3.8) is 0 Å². The Morgan fingerprint density at radius 2 is 2.00 bits per heavy atom. The molecule has 0 bridgehead atoms. The van der Waals surface area contributed by atoms with Crippen molar-refractivity contribution in [1.82, 2.24) is 10.3 Å². The summed E-state index contributed by atoms with van der Waals surface area (Å²) in [4.78, 5) is 29.3. The van der Waals surface area contributed by atoms with Gasteiger partial charge in [-0.1, -0.05) is 42.5 Å². The maximum Gasteiger partial charge on any atom is 0.328 e. The number of aromatic nitrogens is 1. The molecule has 0 aliphatic carbocycles. The van der Waals surface area contributed by atoms with Crippen molar-refractivity contribution in [2.75, 3.05) is 11.9 Å². The lowest BCUT2D eigenvalue weighted by Crippen LogP contribution is -2.36. The van der Waals surface area contributed by atoms with Crippen molar-refractivity contribution in [3.05, 3.63) is 94.6 Å². The standard InChI is InChI=1S/C29H27N3O4/c1-17-6-3-4-9-22(17)31-29-32-23-11-10-19(16-25(23)36-29)15-24(33)28-27-20(12-13-30-28)7-5-8-21(27)18(2)14-26(34)35/h3-11,14,16,28,30H,12-13,15H2,1-2H3,(H,31,32)(H,34,35). The number of nitrogens with one attached hydrogen (secondary N) is 2. The molecule has 3 N–H and O–H groups in total. The summed E-state index contributed by atoms with van der Waals surface area (Å²) in [7, 11) is 0. The third-order valence-electron chi connectivity index (χ3n) is 6.53. The van der Waals surface area contributed by atoms with E-state index in [1.165, 1.54) is 6.08 Å². The lowest BCUT2D eigenvalue weighted by atomic mass is 9.84. The van der Waals surface area contributed by atoms with Crippen LogP contribution in [0.5, 0.6) is 0 Å². The third kappa shape index (κ3) is 4.78. The molecule has 1 aromatic heterocycles. The lowest BCUT2D eigenvalue weighted by molar-refractivity contribution is -0.131. The first kappa shape index (κ1) is 23.5. The number of oxazole rings is 1. The number of para-hydroxylation sites is 1. The number of carboxylic acids is 1. The number of nitrogens with zero attached hydrogens (tertiary/aromatic N) is 1. The molecule has 0 amide bonds. The zero-order chi connectivity index (χ0) is 25.2. The van der Waals surface area contributed by atoms with Crippen molar-refractivity contribution in [3.8, 4) is 0 Å². The van der Waals surface area contributed by atoms with Gasteiger partial charge in [0, 0.05) is 24.7 Å². The highest BCUT2D eigenvalue weighted by atomic mass is 16.4. The summed E-state index contributed by atoms with van der Waals surface area (Å²) >= 11 is 0. The molecule has 0 spiro atoms. The SMILES string of the molecule is CC(=CC(=O)O)c1cccc2c1C(C(=O)Cc1ccc3nc(Nc4ccccc4C)oc3c1)NCC2. The number of allylic oxidation sites excluding steroid dienone is 1. The van der Waals surface area contributed by atoms with Gasteiger partial charge in [0.1, 0.15) is 5.52 Å². The number of carbonyl (C=O) groups is 2. The zero-order valence-corrected chi connectivity index (χ0v) is 20.2. The molecule has 0 radical (unpaired) electrons. The fourth-order valence-electron chi connectivity index (χ4n) is 4.77. The maximum absolute atomic E-state index is 13.5. The molecule has 1 atom stereocenters. The summed E-state index contributed by atoms with van der Waals surface area (Å²) in [5, 5.41) is 15.8. The molecule has 2 heterocycles. The van der Waals surface area contributed by atoms with Gasteiger partial charge < -0.3 is 20.2 Å². The Morgan fingerprint density at radius 1 is 1.17 bits per heavy atom. The van der Waals surface area contributed by atoms with Crippen LogP contribution in [-0.4, -0.2) is 28.4 Å². The second-order valence-corrected chi connectivity index (χ2v) is 9.09. The van der Waals surface area contributed by atoms with Gasteiger partial charge in [0.05, 0.1) is 6.04 Å². The van der Waals surface area contributed by atoms with Crippen LogP contribution in [0.4, 0.5) is 11.7 Å². The normalized spacial score (nSPS) is 15.5. The molecule has 7 nitrogen and oxygen atoms in total. The first-order valence-corrected chi connectivity index (χ1v) is 11.9. The molecule has 1 aliphatic rings. The molecule has 0 fully saturated rings. The summed E-state index contributed by atoms with van der Waals surface area (Å²) < 4.78 is 5.93. The summed E-state index contributed by atoms with van der Waals surface area (Å²) in [6, 6.07) is 19.2. The van der Waals surface area contributed by atoms with Crippen molar-refractivity contribution in [2.45, 2.75) is 32.7 Å². The number of carboxylic acid groups (broad SMARTS) is 1. The van der Waals surface area contributed by atoms with Crippen molar-refractivity contribution in [2.24, 2.45) is 0 Å². The molecule has 3 aromatic carbocycles. The highest BCUT2D eigenvalue weighted by molar-refractivity contribution is 5.93. The number of hydrogen-bond donors (Lipinski definition) is 3. The fraction of sp³-hybridized carbons (Fsp3) is 0.207. The highest BCUT2D eigenvalue weighted by Gasteiger charge is 2.29. The van der Waals surface area contributed by atoms with E-state index in [-0.39, 0.29) is 12.2 Å². The average molecular weight is 482 g/mol. The van der Waals surface area contributed by atoms with Crippen LogP contribution in [0.15, 0.2) is 71.2 Å². The van der Waals surface area contributed by atoms with E-state index < -0.39 is 12.0 Å². The van der Waals surface area contributed by atoms with Crippen LogP contribution in [-0.2, 0) is 22.4 Å². The van der Waals surface area contributed by atoms with Crippen molar-refractivity contribution < 1.29 is 19.1 Å². The average Bonchev–Trinajstić information content (AvgIpc) is 3.26. The summed E-state index contributed by atoms with van der Waals surface area (Å²) in [5.41, 5.74) is 7.50. The summed E-state index contributed by atoms with van der Waals surface area (Å²) in [6.07, 6.45) is 2.18. The molecule has 182 valence electrons. The van der Waals surface area contributed by atoms with E-state index in [2.05, 4.69) is 15.6 Å². The van der Waals surface area contributed by atoms with E-state index in [4.69, 9.17) is 4.42 Å². The topological polar surface area (TPSA) is 104 Å². The molecule has 5 rings (SSSR count). The van der Waals surface area contributed by atoms with Gasteiger partial charge in [0.15, 0.2) is 11.4 Å². The quantitative estimate of drug-likeness (QED) is 0.305. The summed E-state index contributed by atoms with van der Waals surface area (Å²) in [5.74, 6) is -0.989. The minimum atomic E-state index is -1.01. The Labute approximate surface area is 208 Å². The number of fused-ring (bicyclic) bond motifs is 2. The number of rotatable bonds is 7. The number of aliphatic carboxylic acids is 1. The van der Waals surface area contributed by atoms with Crippen LogP contribution in [0.25, 0.3) is 16.7 Å². The van der Waals surface area contributed by atoms with Gasteiger partial charge >= 0.3 is 5.97 Å². The lowest BCUT2D eigenvalue weighted by Gasteiger charge is -2.28. The molecular weight excluding hydrogens is 454 g/mol. The Kier molecular flexibility index (Phi) is 6.40. The largest absolute Gasteiger partial charge is 0.478 e. The van der Waals surface area contributed by atoms with Gasteiger partial charge in [-0.05, 0) is 71.9 Å². The first-order valence-electron chi connectivity index (χ1n) is 11.9. The van der Waals surface area contributed by atoms with Crippen molar-refractivity contribution >= 4 is 40.1 Å². The van der Waals surface area contributed by atoms with Crippen LogP contribution in [0.2, 0.25) is 0 Å². The molecule has 0 saturated carbocycles. The van der Waals surface area contributed by atoms with Gasteiger partial charge in [-0.25, -0.2) is 4.79 Å². The maximum atomic E-state index is 13.5. The number of anilines is 2. The Balaban J connectivity index is 1.40. The van der Waals surface area contributed by atoms with Crippen LogP contribution < -0.4 is 10.6 Å². The predicted octanol–water partition coefficient (Wildman–Crippen LogP) is 5.37. The van der Waals surface area contributed by atoms with E-state index >= 15 is 0 Å².